The van der Waals surface area contributed by atoms with E-state index in [2.05, 4.69) is 38.0 Å². The van der Waals surface area contributed by atoms with Crippen LogP contribution in [0.5, 0.6) is 5.75 Å². The molecule has 2 heterocycles. The molecule has 0 amide bonds. The Morgan fingerprint density at radius 1 is 1.11 bits per heavy atom. The molecule has 1 aromatic rings. The maximum absolute atomic E-state index is 13.4. The standard InChI is InChI=1S/C29H43N5O2/c1-4-10-23-15-24(18-26(17-23)36-20-22-11-8-7-9-12-22)27(35)19-33-28-14-13-25(16-21(5-2)6-3)31-34(28)29(30)32-33/h13-15,17-18,21-22,28H,4-12,16,19-20H2,1-3H3,(H2,30,32). The Morgan fingerprint density at radius 3 is 2.61 bits per heavy atom. The van der Waals surface area contributed by atoms with Crippen LogP contribution in [0.1, 0.15) is 94.5 Å². The van der Waals surface area contributed by atoms with Crippen LogP contribution >= 0.6 is 0 Å². The lowest BCUT2D eigenvalue weighted by atomic mass is 9.90. The van der Waals surface area contributed by atoms with Gasteiger partial charge in [0.2, 0.25) is 5.96 Å². The van der Waals surface area contributed by atoms with Gasteiger partial charge in [-0.05, 0) is 73.4 Å². The van der Waals surface area contributed by atoms with Gasteiger partial charge in [-0.25, -0.2) is 5.01 Å². The van der Waals surface area contributed by atoms with Crippen LogP contribution in [0.25, 0.3) is 0 Å². The van der Waals surface area contributed by atoms with E-state index in [1.54, 1.807) is 10.0 Å². The number of fused-ring (bicyclic) bond motifs is 1. The zero-order valence-corrected chi connectivity index (χ0v) is 22.3. The highest BCUT2D eigenvalue weighted by molar-refractivity contribution is 5.99. The van der Waals surface area contributed by atoms with Crippen LogP contribution < -0.4 is 10.5 Å². The first-order chi connectivity index (χ1) is 17.5. The van der Waals surface area contributed by atoms with Crippen molar-refractivity contribution in [2.45, 2.75) is 91.1 Å². The SMILES string of the molecule is CCCc1cc(OCC2CCCCC2)cc(C(=O)CN2N=C(N)N3N=C(CC(CC)CC)C=CC23)c1. The monoisotopic (exact) mass is 493 g/mol. The molecule has 1 aliphatic carbocycles. The fourth-order valence-corrected chi connectivity index (χ4v) is 5.41. The fourth-order valence-electron chi connectivity index (χ4n) is 5.41. The number of ether oxygens (including phenoxy) is 1. The van der Waals surface area contributed by atoms with Crippen molar-refractivity contribution < 1.29 is 9.53 Å². The molecule has 0 spiro atoms. The van der Waals surface area contributed by atoms with Crippen molar-refractivity contribution >= 4 is 17.5 Å². The van der Waals surface area contributed by atoms with E-state index in [1.165, 1.54) is 32.1 Å². The summed E-state index contributed by atoms with van der Waals surface area (Å²) in [6.45, 7) is 7.45. The predicted octanol–water partition coefficient (Wildman–Crippen LogP) is 5.71. The number of hydrogen-bond acceptors (Lipinski definition) is 7. The van der Waals surface area contributed by atoms with E-state index < -0.39 is 0 Å². The number of hydrazone groups is 2. The van der Waals surface area contributed by atoms with E-state index in [4.69, 9.17) is 15.6 Å². The highest BCUT2D eigenvalue weighted by atomic mass is 16.5. The molecule has 1 unspecified atom stereocenters. The number of rotatable bonds is 12. The van der Waals surface area contributed by atoms with Gasteiger partial charge in [-0.2, -0.15) is 5.10 Å². The number of Topliss-reactive ketones (excluding diaryl/α,β-unsaturated/α-hetero) is 1. The lowest BCUT2D eigenvalue weighted by Crippen LogP contribution is -2.43. The second kappa shape index (κ2) is 12.4. The number of aryl methyl sites for hydroxylation is 1. The summed E-state index contributed by atoms with van der Waals surface area (Å²) in [5.74, 6) is 2.36. The van der Waals surface area contributed by atoms with Gasteiger partial charge in [0, 0.05) is 5.56 Å². The largest absolute Gasteiger partial charge is 0.493 e. The molecule has 1 fully saturated rings. The number of nitrogens with two attached hydrogens (primary N) is 1. The average Bonchev–Trinajstić information content (AvgIpc) is 3.20. The minimum Gasteiger partial charge on any atom is -0.493 e. The summed E-state index contributed by atoms with van der Waals surface area (Å²) in [6, 6.07) is 5.99. The van der Waals surface area contributed by atoms with Gasteiger partial charge in [-0.3, -0.25) is 9.80 Å². The molecule has 0 radical (unpaired) electrons. The van der Waals surface area contributed by atoms with Gasteiger partial charge < -0.3 is 10.5 Å². The first kappa shape index (κ1) is 26.2. The highest BCUT2D eigenvalue weighted by Crippen LogP contribution is 2.27. The third-order valence-corrected chi connectivity index (χ3v) is 7.71. The van der Waals surface area contributed by atoms with Gasteiger partial charge >= 0.3 is 0 Å². The smallest absolute Gasteiger partial charge is 0.236 e. The Hall–Kier alpha value is -2.83. The number of carbonyl (C=O) groups is 1. The van der Waals surface area contributed by atoms with Gasteiger partial charge in [-0.1, -0.05) is 59.3 Å². The van der Waals surface area contributed by atoms with E-state index in [-0.39, 0.29) is 18.5 Å². The van der Waals surface area contributed by atoms with Crippen LogP contribution in [-0.4, -0.2) is 46.8 Å². The van der Waals surface area contributed by atoms with E-state index in [0.717, 1.165) is 55.7 Å². The first-order valence-corrected chi connectivity index (χ1v) is 14.0. The Bertz CT molecular complexity index is 991. The van der Waals surface area contributed by atoms with Gasteiger partial charge in [0.15, 0.2) is 11.9 Å². The van der Waals surface area contributed by atoms with Crippen LogP contribution in [0.2, 0.25) is 0 Å². The number of allylic oxidation sites excluding steroid dienone is 1. The summed E-state index contributed by atoms with van der Waals surface area (Å²) in [5.41, 5.74) is 9.04. The van der Waals surface area contributed by atoms with Crippen LogP contribution in [0.4, 0.5) is 0 Å². The molecular weight excluding hydrogens is 450 g/mol. The maximum atomic E-state index is 13.4. The van der Waals surface area contributed by atoms with Crippen LogP contribution in [0, 0.1) is 11.8 Å². The molecule has 36 heavy (non-hydrogen) atoms. The lowest BCUT2D eigenvalue weighted by molar-refractivity contribution is 0.0878. The minimum atomic E-state index is -0.264. The van der Waals surface area contributed by atoms with E-state index in [0.29, 0.717) is 23.4 Å². The molecule has 7 heteroatoms. The Balaban J connectivity index is 1.43. The fraction of sp³-hybridized carbons (Fsp3) is 0.621. The molecular formula is C29H43N5O2. The molecule has 2 aliphatic heterocycles. The molecule has 7 nitrogen and oxygen atoms in total. The van der Waals surface area contributed by atoms with Crippen molar-refractivity contribution in [3.8, 4) is 5.75 Å². The van der Waals surface area contributed by atoms with Crippen LogP contribution in [-0.2, 0) is 6.42 Å². The summed E-state index contributed by atoms with van der Waals surface area (Å²) in [6.07, 6.45) is 15.4. The normalized spacial score (nSPS) is 19.9. The number of benzene rings is 1. The van der Waals surface area contributed by atoms with Gasteiger partial charge in [-0.15, -0.1) is 5.10 Å². The molecule has 1 saturated carbocycles. The lowest BCUT2D eigenvalue weighted by Gasteiger charge is -2.28. The molecule has 1 atom stereocenters. The molecule has 4 rings (SSSR count). The second-order valence-corrected chi connectivity index (χ2v) is 10.5. The number of guanidine groups is 1. The number of carbonyl (C=O) groups excluding carboxylic acids is 1. The van der Waals surface area contributed by atoms with Crippen molar-refractivity contribution in [1.29, 1.82) is 0 Å². The van der Waals surface area contributed by atoms with E-state index in [9.17, 15) is 4.79 Å². The minimum absolute atomic E-state index is 0.00840. The number of ketones is 1. The summed E-state index contributed by atoms with van der Waals surface area (Å²) >= 11 is 0. The third kappa shape index (κ3) is 6.48. The van der Waals surface area contributed by atoms with Crippen LogP contribution in [0.3, 0.4) is 0 Å². The number of hydrogen-bond donors (Lipinski definition) is 1. The summed E-state index contributed by atoms with van der Waals surface area (Å²) < 4.78 is 6.21. The molecule has 1 aromatic carbocycles. The molecule has 196 valence electrons. The molecule has 2 N–H and O–H groups in total. The Labute approximate surface area is 216 Å². The third-order valence-electron chi connectivity index (χ3n) is 7.71. The summed E-state index contributed by atoms with van der Waals surface area (Å²) in [7, 11) is 0. The maximum Gasteiger partial charge on any atom is 0.236 e. The predicted molar refractivity (Wildman–Crippen MR) is 146 cm³/mol. The van der Waals surface area contributed by atoms with E-state index >= 15 is 0 Å². The second-order valence-electron chi connectivity index (χ2n) is 10.5. The zero-order valence-electron chi connectivity index (χ0n) is 22.3. The van der Waals surface area contributed by atoms with Crippen molar-refractivity contribution in [3.05, 3.63) is 41.5 Å². The van der Waals surface area contributed by atoms with Crippen molar-refractivity contribution in [3.63, 3.8) is 0 Å². The van der Waals surface area contributed by atoms with E-state index in [1.807, 2.05) is 18.2 Å². The Kier molecular flexibility index (Phi) is 9.05. The molecule has 3 aliphatic rings. The van der Waals surface area contributed by atoms with Crippen LogP contribution in [0.15, 0.2) is 40.6 Å². The molecule has 0 aromatic heterocycles. The van der Waals surface area contributed by atoms with Crippen molar-refractivity contribution in [2.75, 3.05) is 13.2 Å². The summed E-state index contributed by atoms with van der Waals surface area (Å²) in [5, 5.41) is 12.7. The van der Waals surface area contributed by atoms with Crippen molar-refractivity contribution in [2.24, 2.45) is 27.8 Å². The van der Waals surface area contributed by atoms with Gasteiger partial charge in [0.05, 0.1) is 12.3 Å². The summed E-state index contributed by atoms with van der Waals surface area (Å²) in [4.78, 5) is 13.4. The van der Waals surface area contributed by atoms with Crippen molar-refractivity contribution in [1.82, 2.24) is 10.0 Å². The highest BCUT2D eigenvalue weighted by Gasteiger charge is 2.34. The Morgan fingerprint density at radius 2 is 1.89 bits per heavy atom. The van der Waals surface area contributed by atoms with Gasteiger partial charge in [0.25, 0.3) is 0 Å². The van der Waals surface area contributed by atoms with Gasteiger partial charge in [0.1, 0.15) is 12.3 Å². The average molecular weight is 494 g/mol. The first-order valence-electron chi connectivity index (χ1n) is 14.0. The molecule has 0 bridgehead atoms. The quantitative estimate of drug-likeness (QED) is 0.377. The topological polar surface area (TPSA) is 83.5 Å². The molecule has 0 saturated heterocycles. The number of nitrogens with zero attached hydrogens (tertiary/aromatic N) is 4. The zero-order chi connectivity index (χ0) is 25.5.